The maximum atomic E-state index is 14.0. The van der Waals surface area contributed by atoms with Crippen molar-refractivity contribution in [3.05, 3.63) is 87.2 Å². The second-order valence-electron chi connectivity index (χ2n) is 9.95. The summed E-state index contributed by atoms with van der Waals surface area (Å²) in [5.74, 6) is -3.10. The number of aliphatic hydroxyl groups excluding tert-OH is 1. The second kappa shape index (κ2) is 14.6. The monoisotopic (exact) mass is 610 g/mol. The molecule has 1 aliphatic heterocycles. The first-order valence-corrected chi connectivity index (χ1v) is 13.6. The van der Waals surface area contributed by atoms with Crippen molar-refractivity contribution < 1.29 is 42.1 Å². The molecule has 1 aliphatic rings. The summed E-state index contributed by atoms with van der Waals surface area (Å²) >= 11 is 6.34. The Balaban J connectivity index is 1.75. The molecule has 0 saturated carbocycles. The molecule has 2 aromatic rings. The molecule has 12 heteroatoms. The number of carbonyl (C=O) groups is 2. The molecule has 2 aromatic carbocycles. The number of alkyl halides is 3. The third-order valence-corrected chi connectivity index (χ3v) is 6.78. The number of hydrogen-bond acceptors (Lipinski definition) is 8. The lowest BCUT2D eigenvalue weighted by Gasteiger charge is -2.32. The molecule has 2 atom stereocenters. The third kappa shape index (κ3) is 8.50. The largest absolute Gasteiger partial charge is 0.491 e. The van der Waals surface area contributed by atoms with Crippen LogP contribution in [0.5, 0.6) is 5.75 Å². The number of allylic oxidation sites excluding steroid dienone is 2. The van der Waals surface area contributed by atoms with Crippen molar-refractivity contribution in [2.45, 2.75) is 51.4 Å². The van der Waals surface area contributed by atoms with Gasteiger partial charge in [0.2, 0.25) is 0 Å². The Labute approximate surface area is 247 Å². The number of ether oxygens (including phenoxy) is 3. The van der Waals surface area contributed by atoms with Crippen LogP contribution in [-0.4, -0.2) is 62.2 Å². The zero-order chi connectivity index (χ0) is 31.0. The minimum atomic E-state index is -4.95. The standard InChI is InChI=1S/C30H34ClF3N2O6/c1-17(2)35-15-20(37)16-42-21-11-9-19(10-12-21)13-14-41-29(39)24-18(3)36-27(30(32,33)34)26(28(38)40-4)25(24)22-7-5-6-8-23(22)31/h5-12,17,20,25,35-37H,13-16H2,1-4H3. The molecule has 2 unspecified atom stereocenters. The van der Waals surface area contributed by atoms with Crippen LogP contribution in [-0.2, 0) is 25.5 Å². The van der Waals surface area contributed by atoms with Crippen LogP contribution >= 0.6 is 11.6 Å². The van der Waals surface area contributed by atoms with Crippen LogP contribution in [0, 0.1) is 0 Å². The second-order valence-corrected chi connectivity index (χ2v) is 10.4. The van der Waals surface area contributed by atoms with Crippen molar-refractivity contribution in [1.82, 2.24) is 10.6 Å². The fourth-order valence-electron chi connectivity index (χ4n) is 4.39. The predicted molar refractivity (Wildman–Crippen MR) is 151 cm³/mol. The number of benzene rings is 2. The summed E-state index contributed by atoms with van der Waals surface area (Å²) in [6.07, 6.45) is -5.31. The molecule has 0 spiro atoms. The highest BCUT2D eigenvalue weighted by Crippen LogP contribution is 2.45. The Bertz CT molecular complexity index is 1330. The lowest BCUT2D eigenvalue weighted by molar-refractivity contribution is -0.140. The molecule has 8 nitrogen and oxygen atoms in total. The van der Waals surface area contributed by atoms with Crippen LogP contribution in [0.3, 0.4) is 0 Å². The molecule has 42 heavy (non-hydrogen) atoms. The average Bonchev–Trinajstić information content (AvgIpc) is 2.94. The van der Waals surface area contributed by atoms with E-state index in [1.165, 1.54) is 19.1 Å². The molecular formula is C30H34ClF3N2O6. The normalized spacial score (nSPS) is 16.3. The maximum absolute atomic E-state index is 14.0. The van der Waals surface area contributed by atoms with Crippen molar-refractivity contribution in [2.75, 3.05) is 26.9 Å². The SMILES string of the molecule is COC(=O)C1=C(C(F)(F)F)NC(C)=C(C(=O)OCCc2ccc(OCC(O)CNC(C)C)cc2)C1c1ccccc1Cl. The summed E-state index contributed by atoms with van der Waals surface area (Å²) in [5, 5.41) is 15.4. The van der Waals surface area contributed by atoms with Crippen molar-refractivity contribution in [2.24, 2.45) is 0 Å². The highest BCUT2D eigenvalue weighted by atomic mass is 35.5. The van der Waals surface area contributed by atoms with Gasteiger partial charge in [-0.3, -0.25) is 0 Å². The van der Waals surface area contributed by atoms with Gasteiger partial charge in [0.25, 0.3) is 0 Å². The van der Waals surface area contributed by atoms with Crippen molar-refractivity contribution in [3.8, 4) is 5.75 Å². The highest BCUT2D eigenvalue weighted by molar-refractivity contribution is 6.31. The number of methoxy groups -OCH3 is 1. The van der Waals surface area contributed by atoms with Gasteiger partial charge in [-0.1, -0.05) is 55.8 Å². The van der Waals surface area contributed by atoms with E-state index < -0.39 is 41.4 Å². The molecule has 3 rings (SSSR count). The van der Waals surface area contributed by atoms with Crippen molar-refractivity contribution in [1.29, 1.82) is 0 Å². The Hall–Kier alpha value is -3.54. The van der Waals surface area contributed by atoms with E-state index in [9.17, 15) is 27.9 Å². The molecule has 3 N–H and O–H groups in total. The van der Waals surface area contributed by atoms with Gasteiger partial charge >= 0.3 is 18.1 Å². The van der Waals surface area contributed by atoms with E-state index in [4.69, 9.17) is 21.1 Å². The van der Waals surface area contributed by atoms with Crippen LogP contribution in [0.4, 0.5) is 13.2 Å². The number of dihydropyridines is 1. The first-order chi connectivity index (χ1) is 19.8. The van der Waals surface area contributed by atoms with Crippen LogP contribution < -0.4 is 15.4 Å². The zero-order valence-corrected chi connectivity index (χ0v) is 24.4. The lowest BCUT2D eigenvalue weighted by atomic mass is 9.80. The van der Waals surface area contributed by atoms with E-state index in [0.29, 0.717) is 18.7 Å². The fourth-order valence-corrected chi connectivity index (χ4v) is 4.63. The fraction of sp³-hybridized carbons (Fsp3) is 0.400. The van der Waals surface area contributed by atoms with Crippen LogP contribution in [0.25, 0.3) is 0 Å². The number of rotatable bonds is 12. The number of aliphatic hydroxyl groups is 1. The van der Waals surface area contributed by atoms with E-state index in [-0.39, 0.29) is 41.1 Å². The zero-order valence-electron chi connectivity index (χ0n) is 23.7. The quantitative estimate of drug-likeness (QED) is 0.294. The van der Waals surface area contributed by atoms with E-state index in [2.05, 4.69) is 15.4 Å². The average molecular weight is 611 g/mol. The van der Waals surface area contributed by atoms with Gasteiger partial charge in [0.15, 0.2) is 0 Å². The van der Waals surface area contributed by atoms with E-state index in [1.54, 1.807) is 36.4 Å². The molecule has 0 amide bonds. The predicted octanol–water partition coefficient (Wildman–Crippen LogP) is 4.81. The van der Waals surface area contributed by atoms with Crippen LogP contribution in [0.1, 0.15) is 37.8 Å². The number of hydrogen-bond donors (Lipinski definition) is 3. The van der Waals surface area contributed by atoms with Crippen LogP contribution in [0.15, 0.2) is 71.1 Å². The number of nitrogens with one attached hydrogen (secondary N) is 2. The molecule has 0 radical (unpaired) electrons. The summed E-state index contributed by atoms with van der Waals surface area (Å²) in [7, 11) is 0.957. The summed E-state index contributed by atoms with van der Waals surface area (Å²) in [6, 6.07) is 13.2. The van der Waals surface area contributed by atoms with Gasteiger partial charge in [-0.05, 0) is 36.2 Å². The topological polar surface area (TPSA) is 106 Å². The van der Waals surface area contributed by atoms with E-state index in [0.717, 1.165) is 12.7 Å². The summed E-state index contributed by atoms with van der Waals surface area (Å²) in [4.78, 5) is 26.0. The van der Waals surface area contributed by atoms with Crippen molar-refractivity contribution >= 4 is 23.5 Å². The molecule has 0 fully saturated rings. The molecule has 0 aromatic heterocycles. The minimum Gasteiger partial charge on any atom is -0.491 e. The number of halogens is 4. The van der Waals surface area contributed by atoms with Gasteiger partial charge in [0.1, 0.15) is 24.2 Å². The maximum Gasteiger partial charge on any atom is 0.431 e. The first kappa shape index (κ1) is 33.0. The molecule has 0 bridgehead atoms. The molecular weight excluding hydrogens is 577 g/mol. The van der Waals surface area contributed by atoms with Crippen molar-refractivity contribution in [3.63, 3.8) is 0 Å². The van der Waals surface area contributed by atoms with Gasteiger partial charge in [0, 0.05) is 29.7 Å². The summed E-state index contributed by atoms with van der Waals surface area (Å²) in [5.41, 5.74) is -1.52. The number of carbonyl (C=O) groups excluding carboxylic acids is 2. The molecule has 0 aliphatic carbocycles. The lowest BCUT2D eigenvalue weighted by Crippen LogP contribution is -2.38. The summed E-state index contributed by atoms with van der Waals surface area (Å²) < 4.78 is 57.8. The molecule has 0 saturated heterocycles. The van der Waals surface area contributed by atoms with Gasteiger partial charge in [-0.25, -0.2) is 9.59 Å². The smallest absolute Gasteiger partial charge is 0.431 e. The third-order valence-electron chi connectivity index (χ3n) is 6.44. The molecule has 1 heterocycles. The Morgan fingerprint density at radius 1 is 1.07 bits per heavy atom. The van der Waals surface area contributed by atoms with Gasteiger partial charge in [0.05, 0.1) is 30.8 Å². The Kier molecular flexibility index (Phi) is 11.4. The minimum absolute atomic E-state index is 0.0661. The Morgan fingerprint density at radius 3 is 2.33 bits per heavy atom. The van der Waals surface area contributed by atoms with Gasteiger partial charge in [-0.2, -0.15) is 13.2 Å². The summed E-state index contributed by atoms with van der Waals surface area (Å²) in [6.45, 7) is 5.68. The highest BCUT2D eigenvalue weighted by Gasteiger charge is 2.47. The molecule has 228 valence electrons. The Morgan fingerprint density at radius 2 is 1.74 bits per heavy atom. The first-order valence-electron chi connectivity index (χ1n) is 13.3. The van der Waals surface area contributed by atoms with Crippen LogP contribution in [0.2, 0.25) is 5.02 Å². The van der Waals surface area contributed by atoms with E-state index in [1.807, 2.05) is 13.8 Å². The van der Waals surface area contributed by atoms with E-state index >= 15 is 0 Å². The van der Waals surface area contributed by atoms with Gasteiger partial charge < -0.3 is 30.0 Å². The van der Waals surface area contributed by atoms with Gasteiger partial charge in [-0.15, -0.1) is 0 Å². The number of esters is 2.